The number of carbonyl (C=O) groups is 1. The maximum absolute atomic E-state index is 11.6. The van der Waals surface area contributed by atoms with Gasteiger partial charge in [0.05, 0.1) is 12.9 Å². The molecule has 2 aromatic rings. The van der Waals surface area contributed by atoms with Crippen LogP contribution in [0.25, 0.3) is 0 Å². The van der Waals surface area contributed by atoms with Crippen LogP contribution in [0.5, 0.6) is 0 Å². The molecule has 0 atom stereocenters. The minimum atomic E-state index is -0.392. The Bertz CT molecular complexity index is 547. The predicted molar refractivity (Wildman–Crippen MR) is 57.2 cm³/mol. The largest absolute Gasteiger partial charge is 0.349 e. The van der Waals surface area contributed by atoms with Crippen LogP contribution in [0.15, 0.2) is 29.8 Å². The maximum atomic E-state index is 11.6. The smallest absolute Gasteiger partial charge is 0.270 e. The predicted octanol–water partition coefficient (Wildman–Crippen LogP) is -1.21. The Labute approximate surface area is 95.7 Å². The van der Waals surface area contributed by atoms with E-state index in [1.54, 1.807) is 11.0 Å². The zero-order chi connectivity index (χ0) is 12.1. The quantitative estimate of drug-likeness (QED) is 0.690. The van der Waals surface area contributed by atoms with E-state index < -0.39 is 5.91 Å². The third-order valence-corrected chi connectivity index (χ3v) is 2.00. The van der Waals surface area contributed by atoms with Gasteiger partial charge in [-0.3, -0.25) is 14.3 Å². The molecule has 0 spiro atoms. The summed E-state index contributed by atoms with van der Waals surface area (Å²) in [6.45, 7) is 0.894. The maximum Gasteiger partial charge on any atom is 0.270 e. The molecule has 0 aromatic carbocycles. The highest BCUT2D eigenvalue weighted by Gasteiger charge is 2.06. The molecule has 8 heteroatoms. The fraction of sp³-hybridized carbons (Fsp3) is 0.222. The molecule has 88 valence electrons. The van der Waals surface area contributed by atoms with Crippen molar-refractivity contribution in [3.8, 4) is 0 Å². The van der Waals surface area contributed by atoms with Gasteiger partial charge in [0.2, 0.25) is 0 Å². The van der Waals surface area contributed by atoms with Crippen LogP contribution in [-0.2, 0) is 6.54 Å². The number of rotatable bonds is 4. The third kappa shape index (κ3) is 2.97. The summed E-state index contributed by atoms with van der Waals surface area (Å²) in [7, 11) is 0. The average molecular weight is 234 g/mol. The first-order valence-electron chi connectivity index (χ1n) is 4.91. The van der Waals surface area contributed by atoms with Crippen molar-refractivity contribution in [2.24, 2.45) is 0 Å². The Morgan fingerprint density at radius 1 is 1.53 bits per heavy atom. The van der Waals surface area contributed by atoms with Crippen molar-refractivity contribution in [1.29, 1.82) is 0 Å². The minimum absolute atomic E-state index is 0.0901. The van der Waals surface area contributed by atoms with E-state index in [-0.39, 0.29) is 11.3 Å². The Balaban J connectivity index is 1.87. The summed E-state index contributed by atoms with van der Waals surface area (Å²) in [5, 5.41) is 6.51. The lowest BCUT2D eigenvalue weighted by atomic mass is 10.4. The molecule has 2 rings (SSSR count). The van der Waals surface area contributed by atoms with Gasteiger partial charge in [-0.25, -0.2) is 9.97 Å². The minimum Gasteiger partial charge on any atom is -0.349 e. The van der Waals surface area contributed by atoms with Crippen LogP contribution < -0.4 is 10.9 Å². The molecule has 0 unspecified atom stereocenters. The lowest BCUT2D eigenvalue weighted by Gasteiger charge is -2.03. The Hall–Kier alpha value is -2.51. The van der Waals surface area contributed by atoms with Gasteiger partial charge in [-0.15, -0.1) is 0 Å². The monoisotopic (exact) mass is 234 g/mol. The van der Waals surface area contributed by atoms with Crippen LogP contribution in [0.3, 0.4) is 0 Å². The van der Waals surface area contributed by atoms with E-state index >= 15 is 0 Å². The van der Waals surface area contributed by atoms with Crippen molar-refractivity contribution in [2.75, 3.05) is 6.54 Å². The Morgan fingerprint density at radius 2 is 2.41 bits per heavy atom. The van der Waals surface area contributed by atoms with Crippen LogP contribution in [0.4, 0.5) is 0 Å². The molecule has 2 N–H and O–H groups in total. The van der Waals surface area contributed by atoms with Gasteiger partial charge in [-0.05, 0) is 0 Å². The Morgan fingerprint density at radius 3 is 3.12 bits per heavy atom. The number of H-pyrrole nitrogens is 1. The first-order chi connectivity index (χ1) is 8.25. The second-order valence-corrected chi connectivity index (χ2v) is 3.21. The molecule has 0 radical (unpaired) electrons. The highest BCUT2D eigenvalue weighted by molar-refractivity contribution is 5.91. The van der Waals surface area contributed by atoms with Gasteiger partial charge in [-0.2, -0.15) is 5.10 Å². The molecule has 0 bridgehead atoms. The van der Waals surface area contributed by atoms with Crippen LogP contribution in [0, 0.1) is 0 Å². The molecule has 0 saturated heterocycles. The third-order valence-electron chi connectivity index (χ3n) is 2.00. The van der Waals surface area contributed by atoms with Crippen molar-refractivity contribution >= 4 is 5.91 Å². The molecule has 0 aliphatic carbocycles. The fourth-order valence-corrected chi connectivity index (χ4v) is 1.22. The lowest BCUT2D eigenvalue weighted by molar-refractivity contribution is 0.0946. The molecule has 0 aliphatic rings. The second-order valence-electron chi connectivity index (χ2n) is 3.21. The van der Waals surface area contributed by atoms with E-state index in [0.29, 0.717) is 13.1 Å². The molecular formula is C9H10N6O2. The molecular weight excluding hydrogens is 224 g/mol. The summed E-state index contributed by atoms with van der Waals surface area (Å²) in [5.41, 5.74) is -0.270. The molecule has 17 heavy (non-hydrogen) atoms. The molecule has 0 fully saturated rings. The van der Waals surface area contributed by atoms with E-state index in [4.69, 9.17) is 0 Å². The van der Waals surface area contributed by atoms with Gasteiger partial charge < -0.3 is 10.3 Å². The first-order valence-corrected chi connectivity index (χ1v) is 4.91. The summed E-state index contributed by atoms with van der Waals surface area (Å²) >= 11 is 0. The molecule has 2 heterocycles. The van der Waals surface area contributed by atoms with Crippen molar-refractivity contribution in [1.82, 2.24) is 30.0 Å². The van der Waals surface area contributed by atoms with Crippen LogP contribution in [0.2, 0.25) is 0 Å². The number of hydrogen-bond donors (Lipinski definition) is 2. The molecule has 0 aliphatic heterocycles. The van der Waals surface area contributed by atoms with Gasteiger partial charge in [0.1, 0.15) is 18.3 Å². The number of hydrogen-bond acceptors (Lipinski definition) is 5. The summed E-state index contributed by atoms with van der Waals surface area (Å²) in [4.78, 5) is 32.4. The highest BCUT2D eigenvalue weighted by Crippen LogP contribution is 1.87. The second kappa shape index (κ2) is 5.01. The van der Waals surface area contributed by atoms with Gasteiger partial charge >= 0.3 is 0 Å². The van der Waals surface area contributed by atoms with E-state index in [1.807, 2.05) is 0 Å². The Kier molecular flexibility index (Phi) is 3.24. The number of amides is 1. The van der Waals surface area contributed by atoms with Crippen molar-refractivity contribution < 1.29 is 4.79 Å². The van der Waals surface area contributed by atoms with Crippen LogP contribution in [-0.4, -0.2) is 37.2 Å². The zero-order valence-corrected chi connectivity index (χ0v) is 8.83. The molecule has 1 amide bonds. The summed E-state index contributed by atoms with van der Waals surface area (Å²) in [6, 6.07) is 1.14. The number of carbonyl (C=O) groups excluding carboxylic acids is 1. The van der Waals surface area contributed by atoms with E-state index in [9.17, 15) is 9.59 Å². The lowest BCUT2D eigenvalue weighted by Crippen LogP contribution is -2.29. The van der Waals surface area contributed by atoms with E-state index in [2.05, 4.69) is 25.4 Å². The van der Waals surface area contributed by atoms with Crippen molar-refractivity contribution in [3.05, 3.63) is 41.1 Å². The van der Waals surface area contributed by atoms with Gasteiger partial charge in [0.15, 0.2) is 0 Å². The summed E-state index contributed by atoms with van der Waals surface area (Å²) in [6.07, 6.45) is 4.16. The van der Waals surface area contributed by atoms with Crippen LogP contribution >= 0.6 is 0 Å². The molecule has 8 nitrogen and oxygen atoms in total. The van der Waals surface area contributed by atoms with Gasteiger partial charge in [-0.1, -0.05) is 0 Å². The number of aromatic amines is 1. The van der Waals surface area contributed by atoms with Crippen molar-refractivity contribution in [3.63, 3.8) is 0 Å². The first kappa shape index (κ1) is 11.0. The highest BCUT2D eigenvalue weighted by atomic mass is 16.2. The fourth-order valence-electron chi connectivity index (χ4n) is 1.22. The van der Waals surface area contributed by atoms with Gasteiger partial charge in [0.25, 0.3) is 11.5 Å². The van der Waals surface area contributed by atoms with Crippen LogP contribution in [0.1, 0.15) is 10.5 Å². The number of nitrogens with zero attached hydrogens (tertiary/aromatic N) is 4. The molecule has 0 saturated carbocycles. The van der Waals surface area contributed by atoms with E-state index in [1.165, 1.54) is 12.7 Å². The standard InChI is InChI=1S/C9H10N6O2/c16-8-3-7(12-5-13-8)9(17)11-1-2-15-6-10-4-14-15/h3-6H,1-2H2,(H,11,17)(H,12,13,16). The number of aromatic nitrogens is 5. The zero-order valence-electron chi connectivity index (χ0n) is 8.83. The van der Waals surface area contributed by atoms with Gasteiger partial charge in [0, 0.05) is 12.6 Å². The average Bonchev–Trinajstić information content (AvgIpc) is 2.82. The van der Waals surface area contributed by atoms with E-state index in [0.717, 1.165) is 6.07 Å². The topological polar surface area (TPSA) is 106 Å². The SMILES string of the molecule is O=C(NCCn1cncn1)c1cc(=O)[nH]cn1. The summed E-state index contributed by atoms with van der Waals surface area (Å²) in [5.74, 6) is -0.392. The van der Waals surface area contributed by atoms with Crippen molar-refractivity contribution in [2.45, 2.75) is 6.54 Å². The molecule has 2 aromatic heterocycles. The number of nitrogens with one attached hydrogen (secondary N) is 2. The summed E-state index contributed by atoms with van der Waals surface area (Å²) < 4.78 is 1.59. The normalized spacial score (nSPS) is 10.1.